The van der Waals surface area contributed by atoms with Crippen molar-refractivity contribution in [3.63, 3.8) is 0 Å². The van der Waals surface area contributed by atoms with E-state index in [1.54, 1.807) is 0 Å². The molecule has 112 valence electrons. The first kappa shape index (κ1) is 15.9. The van der Waals surface area contributed by atoms with Gasteiger partial charge in [0, 0.05) is 6.54 Å². The molecule has 0 radical (unpaired) electrons. The summed E-state index contributed by atoms with van der Waals surface area (Å²) in [6.45, 7) is 0.237. The minimum Gasteiger partial charge on any atom is -0.398 e. The number of nitrogen functional groups attached to an aromatic ring is 1. The molecule has 21 heavy (non-hydrogen) atoms. The van der Waals surface area contributed by atoms with Gasteiger partial charge >= 0.3 is 0 Å². The maximum atomic E-state index is 13.3. The molecule has 0 unspecified atom stereocenters. The molecule has 0 spiro atoms. The van der Waals surface area contributed by atoms with Crippen LogP contribution >= 0.6 is 15.9 Å². The molecule has 0 saturated heterocycles. The summed E-state index contributed by atoms with van der Waals surface area (Å²) in [5.41, 5.74) is 6.48. The van der Waals surface area contributed by atoms with E-state index in [4.69, 9.17) is 5.73 Å². The van der Waals surface area contributed by atoms with Crippen molar-refractivity contribution >= 4 is 31.6 Å². The van der Waals surface area contributed by atoms with Gasteiger partial charge < -0.3 is 5.73 Å². The number of nitrogens with two attached hydrogens (primary N) is 1. The Morgan fingerprint density at radius 2 is 1.86 bits per heavy atom. The molecule has 0 bridgehead atoms. The number of nitrogens with one attached hydrogen (secondary N) is 1. The lowest BCUT2D eigenvalue weighted by atomic mass is 10.2. The predicted octanol–water partition coefficient (Wildman–Crippen LogP) is 2.69. The summed E-state index contributed by atoms with van der Waals surface area (Å²) >= 11 is 2.95. The van der Waals surface area contributed by atoms with Gasteiger partial charge in [-0.3, -0.25) is 0 Å². The molecule has 0 heterocycles. The number of hydrogen-bond acceptors (Lipinski definition) is 3. The minimum absolute atomic E-state index is 0.0557. The van der Waals surface area contributed by atoms with Gasteiger partial charge in [0.15, 0.2) is 0 Å². The molecule has 2 rings (SSSR count). The number of rotatable bonds is 5. The molecule has 3 N–H and O–H groups in total. The van der Waals surface area contributed by atoms with Crippen LogP contribution in [0.25, 0.3) is 0 Å². The molecule has 0 aromatic heterocycles. The van der Waals surface area contributed by atoms with Crippen LogP contribution in [0.1, 0.15) is 5.56 Å². The van der Waals surface area contributed by atoms with Crippen molar-refractivity contribution in [2.75, 3.05) is 12.3 Å². The van der Waals surface area contributed by atoms with Gasteiger partial charge in [-0.1, -0.05) is 30.3 Å². The first-order valence-corrected chi connectivity index (χ1v) is 8.46. The highest BCUT2D eigenvalue weighted by atomic mass is 79.9. The first-order chi connectivity index (χ1) is 9.90. The van der Waals surface area contributed by atoms with Crippen LogP contribution in [0.4, 0.5) is 10.1 Å². The number of benzene rings is 2. The van der Waals surface area contributed by atoms with Gasteiger partial charge in [-0.25, -0.2) is 17.5 Å². The van der Waals surface area contributed by atoms with Crippen molar-refractivity contribution in [3.8, 4) is 0 Å². The second-order valence-corrected chi connectivity index (χ2v) is 7.03. The van der Waals surface area contributed by atoms with Gasteiger partial charge in [0.05, 0.1) is 10.2 Å². The molecule has 0 aliphatic rings. The summed E-state index contributed by atoms with van der Waals surface area (Å²) in [6.07, 6.45) is 0.558. The van der Waals surface area contributed by atoms with E-state index in [9.17, 15) is 12.8 Å². The van der Waals surface area contributed by atoms with E-state index in [0.717, 1.165) is 17.7 Å². The smallest absolute Gasteiger partial charge is 0.242 e. The molecule has 0 saturated carbocycles. The van der Waals surface area contributed by atoms with Gasteiger partial charge in [-0.05, 0) is 40.0 Å². The maximum absolute atomic E-state index is 13.3. The summed E-state index contributed by atoms with van der Waals surface area (Å²) in [4.78, 5) is -0.135. The molecule has 0 atom stereocenters. The molecule has 2 aromatic rings. The van der Waals surface area contributed by atoms with Crippen LogP contribution < -0.4 is 10.5 Å². The zero-order valence-electron chi connectivity index (χ0n) is 11.0. The first-order valence-electron chi connectivity index (χ1n) is 6.18. The van der Waals surface area contributed by atoms with Gasteiger partial charge in [0.2, 0.25) is 10.0 Å². The minimum atomic E-state index is -3.77. The molecule has 0 aliphatic carbocycles. The number of hydrogen-bond donors (Lipinski definition) is 2. The van der Waals surface area contributed by atoms with E-state index in [0.29, 0.717) is 6.42 Å². The standard InChI is InChI=1S/C14H14BrFN2O2S/c15-11-8-14(13(17)9-12(11)16)21(19,20)18-7-6-10-4-2-1-3-5-10/h1-5,8-9,18H,6-7,17H2. The van der Waals surface area contributed by atoms with Crippen molar-refractivity contribution < 1.29 is 12.8 Å². The fourth-order valence-corrected chi connectivity index (χ4v) is 3.49. The highest BCUT2D eigenvalue weighted by Gasteiger charge is 2.19. The lowest BCUT2D eigenvalue weighted by Crippen LogP contribution is -2.26. The normalized spacial score (nSPS) is 11.5. The predicted molar refractivity (Wildman–Crippen MR) is 83.8 cm³/mol. The molecule has 0 aliphatic heterocycles. The Hall–Kier alpha value is -1.44. The van der Waals surface area contributed by atoms with Gasteiger partial charge in [0.1, 0.15) is 10.7 Å². The highest BCUT2D eigenvalue weighted by Crippen LogP contribution is 2.25. The Bertz CT molecular complexity index is 736. The fourth-order valence-electron chi connectivity index (χ4n) is 1.83. The Morgan fingerprint density at radius 1 is 1.19 bits per heavy atom. The zero-order valence-corrected chi connectivity index (χ0v) is 13.4. The van der Waals surface area contributed by atoms with E-state index < -0.39 is 15.8 Å². The molecule has 7 heteroatoms. The van der Waals surface area contributed by atoms with Crippen molar-refractivity contribution in [2.24, 2.45) is 0 Å². The highest BCUT2D eigenvalue weighted by molar-refractivity contribution is 9.10. The van der Waals surface area contributed by atoms with Crippen LogP contribution in [0, 0.1) is 5.82 Å². The molecular formula is C14H14BrFN2O2S. The Morgan fingerprint density at radius 3 is 2.52 bits per heavy atom. The lowest BCUT2D eigenvalue weighted by Gasteiger charge is -2.10. The monoisotopic (exact) mass is 372 g/mol. The lowest BCUT2D eigenvalue weighted by molar-refractivity contribution is 0.581. The average molecular weight is 373 g/mol. The Balaban J connectivity index is 2.10. The number of anilines is 1. The van der Waals surface area contributed by atoms with E-state index in [-0.39, 0.29) is 21.6 Å². The van der Waals surface area contributed by atoms with Crippen molar-refractivity contribution in [1.82, 2.24) is 4.72 Å². The van der Waals surface area contributed by atoms with E-state index in [2.05, 4.69) is 20.7 Å². The third kappa shape index (κ3) is 4.03. The van der Waals surface area contributed by atoms with Crippen LogP contribution in [0.5, 0.6) is 0 Å². The second kappa shape index (κ2) is 6.55. The Labute approximate surface area is 131 Å². The van der Waals surface area contributed by atoms with E-state index in [1.165, 1.54) is 0 Å². The number of sulfonamides is 1. The molecule has 0 fully saturated rings. The molecule has 4 nitrogen and oxygen atoms in total. The maximum Gasteiger partial charge on any atom is 0.242 e. The van der Waals surface area contributed by atoms with Crippen LogP contribution in [-0.4, -0.2) is 15.0 Å². The quantitative estimate of drug-likeness (QED) is 0.792. The third-order valence-electron chi connectivity index (χ3n) is 2.89. The van der Waals surface area contributed by atoms with Crippen molar-refractivity contribution in [3.05, 3.63) is 58.3 Å². The van der Waals surface area contributed by atoms with Crippen LogP contribution in [0.2, 0.25) is 0 Å². The van der Waals surface area contributed by atoms with Gasteiger partial charge in [-0.15, -0.1) is 0 Å². The molecule has 0 amide bonds. The van der Waals surface area contributed by atoms with Crippen LogP contribution in [0.3, 0.4) is 0 Å². The molecular weight excluding hydrogens is 359 g/mol. The SMILES string of the molecule is Nc1cc(F)c(Br)cc1S(=O)(=O)NCCc1ccccc1. The number of halogens is 2. The van der Waals surface area contributed by atoms with Crippen LogP contribution in [0.15, 0.2) is 51.8 Å². The zero-order chi connectivity index (χ0) is 15.5. The average Bonchev–Trinajstić information content (AvgIpc) is 2.43. The van der Waals surface area contributed by atoms with Crippen LogP contribution in [-0.2, 0) is 16.4 Å². The largest absolute Gasteiger partial charge is 0.398 e. The Kier molecular flexibility index (Phi) is 4.97. The fraction of sp³-hybridized carbons (Fsp3) is 0.143. The van der Waals surface area contributed by atoms with Crippen molar-refractivity contribution in [2.45, 2.75) is 11.3 Å². The summed E-state index contributed by atoms with van der Waals surface area (Å²) in [7, 11) is -3.77. The van der Waals surface area contributed by atoms with Gasteiger partial charge in [0.25, 0.3) is 0 Å². The van der Waals surface area contributed by atoms with E-state index >= 15 is 0 Å². The summed E-state index contributed by atoms with van der Waals surface area (Å²) in [5.74, 6) is -0.601. The third-order valence-corrected chi connectivity index (χ3v) is 5.02. The topological polar surface area (TPSA) is 72.2 Å². The summed E-state index contributed by atoms with van der Waals surface area (Å²) in [5, 5.41) is 0. The molecule has 2 aromatic carbocycles. The van der Waals surface area contributed by atoms with E-state index in [1.807, 2.05) is 30.3 Å². The van der Waals surface area contributed by atoms with Crippen molar-refractivity contribution in [1.29, 1.82) is 0 Å². The summed E-state index contributed by atoms with van der Waals surface area (Å²) < 4.78 is 40.1. The summed E-state index contributed by atoms with van der Waals surface area (Å²) in [6, 6.07) is 11.6. The second-order valence-electron chi connectivity index (χ2n) is 4.44. The van der Waals surface area contributed by atoms with Gasteiger partial charge in [-0.2, -0.15) is 0 Å².